The van der Waals surface area contributed by atoms with E-state index < -0.39 is 0 Å². The SMILES string of the molecule is C[C@@H]1CC[C@]2(C)C3=C(CCC3)CC[N+]2(C)C1. The number of hydrogen-bond acceptors (Lipinski definition) is 0. The van der Waals surface area contributed by atoms with Crippen LogP contribution in [0.1, 0.15) is 52.4 Å². The van der Waals surface area contributed by atoms with Gasteiger partial charge in [0.25, 0.3) is 0 Å². The molecule has 3 rings (SSSR count). The Kier molecular flexibility index (Phi) is 2.27. The molecule has 2 heterocycles. The monoisotopic (exact) mass is 220 g/mol. The molecule has 1 heteroatoms. The molecule has 1 aliphatic carbocycles. The predicted molar refractivity (Wildman–Crippen MR) is 68.2 cm³/mol. The van der Waals surface area contributed by atoms with Crippen molar-refractivity contribution in [2.75, 3.05) is 20.1 Å². The third kappa shape index (κ3) is 1.27. The van der Waals surface area contributed by atoms with Crippen molar-refractivity contribution < 1.29 is 4.48 Å². The normalized spacial score (nSPS) is 47.8. The third-order valence-electron chi connectivity index (χ3n) is 5.92. The Morgan fingerprint density at radius 1 is 1.25 bits per heavy atom. The standard InChI is InChI=1S/C15H26N/c1-12-7-9-15(2)14-6-4-5-13(14)8-10-16(15,3)11-12/h12H,4-11H2,1-3H3/q+1/t12-,15-,16?/m1/s1. The van der Waals surface area contributed by atoms with E-state index in [4.69, 9.17) is 0 Å². The minimum absolute atomic E-state index is 0.511. The van der Waals surface area contributed by atoms with Crippen LogP contribution in [0.4, 0.5) is 0 Å². The van der Waals surface area contributed by atoms with Gasteiger partial charge in [0.05, 0.1) is 20.1 Å². The molecule has 1 unspecified atom stereocenters. The molecular formula is C15H26N+. The van der Waals surface area contributed by atoms with Gasteiger partial charge >= 0.3 is 0 Å². The van der Waals surface area contributed by atoms with Crippen molar-refractivity contribution in [2.24, 2.45) is 5.92 Å². The summed E-state index contributed by atoms with van der Waals surface area (Å²) >= 11 is 0. The van der Waals surface area contributed by atoms with E-state index in [1.54, 1.807) is 0 Å². The fourth-order valence-electron chi connectivity index (χ4n) is 4.71. The second-order valence-corrected chi connectivity index (χ2v) is 6.91. The topological polar surface area (TPSA) is 0 Å². The summed E-state index contributed by atoms with van der Waals surface area (Å²) in [5.41, 5.74) is 4.25. The summed E-state index contributed by atoms with van der Waals surface area (Å²) in [5, 5.41) is 0. The Morgan fingerprint density at radius 2 is 2.06 bits per heavy atom. The lowest BCUT2D eigenvalue weighted by atomic mass is 9.72. The molecule has 0 aromatic heterocycles. The van der Waals surface area contributed by atoms with Crippen LogP contribution >= 0.6 is 0 Å². The summed E-state index contributed by atoms with van der Waals surface area (Å²) in [6, 6.07) is 0. The van der Waals surface area contributed by atoms with Gasteiger partial charge in [-0.05, 0) is 38.2 Å². The average molecular weight is 220 g/mol. The molecule has 0 aromatic carbocycles. The minimum Gasteiger partial charge on any atom is -0.317 e. The molecule has 0 amide bonds. The number of fused-ring (bicyclic) bond motifs is 2. The second-order valence-electron chi connectivity index (χ2n) is 6.91. The van der Waals surface area contributed by atoms with Crippen LogP contribution in [0.2, 0.25) is 0 Å². The van der Waals surface area contributed by atoms with Gasteiger partial charge in [-0.15, -0.1) is 0 Å². The minimum atomic E-state index is 0.511. The molecule has 0 saturated carbocycles. The van der Waals surface area contributed by atoms with Crippen molar-refractivity contribution in [3.63, 3.8) is 0 Å². The summed E-state index contributed by atoms with van der Waals surface area (Å²) in [6.07, 6.45) is 8.54. The van der Waals surface area contributed by atoms with Crippen LogP contribution in [-0.4, -0.2) is 30.2 Å². The first-order chi connectivity index (χ1) is 7.55. The number of likely N-dealkylation sites (N-methyl/N-ethyl adjacent to an activating group) is 1. The van der Waals surface area contributed by atoms with E-state index in [1.807, 2.05) is 11.1 Å². The maximum Gasteiger partial charge on any atom is 0.118 e. The molecule has 0 N–H and O–H groups in total. The lowest BCUT2D eigenvalue weighted by Gasteiger charge is -2.57. The number of hydrogen-bond donors (Lipinski definition) is 0. The molecule has 0 radical (unpaired) electrons. The molecule has 1 saturated heterocycles. The third-order valence-corrected chi connectivity index (χ3v) is 5.92. The summed E-state index contributed by atoms with van der Waals surface area (Å²) in [5.74, 6) is 0.932. The largest absolute Gasteiger partial charge is 0.317 e. The van der Waals surface area contributed by atoms with Crippen molar-refractivity contribution in [2.45, 2.75) is 57.9 Å². The fraction of sp³-hybridized carbons (Fsp3) is 0.867. The first-order valence-electron chi connectivity index (χ1n) is 7.11. The smallest absolute Gasteiger partial charge is 0.118 e. The van der Waals surface area contributed by atoms with Gasteiger partial charge in [0, 0.05) is 18.8 Å². The van der Waals surface area contributed by atoms with Crippen LogP contribution in [0, 0.1) is 5.92 Å². The maximum absolute atomic E-state index is 2.57. The predicted octanol–water partition coefficient (Wildman–Crippen LogP) is 3.51. The van der Waals surface area contributed by atoms with Crippen LogP contribution in [0.25, 0.3) is 0 Å². The highest BCUT2D eigenvalue weighted by molar-refractivity contribution is 5.30. The molecule has 3 aliphatic rings. The van der Waals surface area contributed by atoms with Gasteiger partial charge in [-0.2, -0.15) is 0 Å². The van der Waals surface area contributed by atoms with Gasteiger partial charge in [-0.3, -0.25) is 0 Å². The van der Waals surface area contributed by atoms with Gasteiger partial charge in [-0.1, -0.05) is 12.5 Å². The molecular weight excluding hydrogens is 194 g/mol. The van der Waals surface area contributed by atoms with E-state index in [-0.39, 0.29) is 0 Å². The summed E-state index contributed by atoms with van der Waals surface area (Å²) in [6.45, 7) is 7.83. The molecule has 2 aliphatic heterocycles. The molecule has 0 aromatic rings. The van der Waals surface area contributed by atoms with Gasteiger partial charge < -0.3 is 4.48 Å². The van der Waals surface area contributed by atoms with E-state index in [2.05, 4.69) is 20.9 Å². The van der Waals surface area contributed by atoms with E-state index in [9.17, 15) is 0 Å². The lowest BCUT2D eigenvalue weighted by Crippen LogP contribution is -2.67. The molecule has 1 fully saturated rings. The Labute approximate surface area is 100 Å². The molecule has 1 nitrogen and oxygen atoms in total. The second kappa shape index (κ2) is 3.35. The molecule has 0 spiro atoms. The maximum atomic E-state index is 2.57. The van der Waals surface area contributed by atoms with Gasteiger partial charge in [0.15, 0.2) is 0 Å². The van der Waals surface area contributed by atoms with Crippen molar-refractivity contribution in [1.29, 1.82) is 0 Å². The van der Waals surface area contributed by atoms with Crippen molar-refractivity contribution in [3.8, 4) is 0 Å². The lowest BCUT2D eigenvalue weighted by molar-refractivity contribution is -0.961. The number of quaternary nitrogens is 1. The summed E-state index contributed by atoms with van der Waals surface area (Å²) in [7, 11) is 2.53. The van der Waals surface area contributed by atoms with Crippen LogP contribution in [0.15, 0.2) is 11.1 Å². The number of piperidine rings is 1. The van der Waals surface area contributed by atoms with Gasteiger partial charge in [0.2, 0.25) is 0 Å². The molecule has 0 bridgehead atoms. The highest BCUT2D eigenvalue weighted by Crippen LogP contribution is 2.50. The van der Waals surface area contributed by atoms with E-state index >= 15 is 0 Å². The number of nitrogens with zero attached hydrogens (tertiary/aromatic N) is 1. The number of rotatable bonds is 0. The zero-order valence-corrected chi connectivity index (χ0v) is 11.2. The van der Waals surface area contributed by atoms with E-state index in [0.29, 0.717) is 5.54 Å². The van der Waals surface area contributed by atoms with Gasteiger partial charge in [0.1, 0.15) is 5.54 Å². The first kappa shape index (κ1) is 10.8. The molecule has 90 valence electrons. The highest BCUT2D eigenvalue weighted by Gasteiger charge is 2.53. The Morgan fingerprint density at radius 3 is 2.88 bits per heavy atom. The van der Waals surface area contributed by atoms with E-state index in [0.717, 1.165) is 5.92 Å². The van der Waals surface area contributed by atoms with Crippen molar-refractivity contribution in [3.05, 3.63) is 11.1 Å². The fourth-order valence-corrected chi connectivity index (χ4v) is 4.71. The zero-order valence-electron chi connectivity index (χ0n) is 11.2. The Hall–Kier alpha value is -0.300. The molecule has 16 heavy (non-hydrogen) atoms. The van der Waals surface area contributed by atoms with E-state index in [1.165, 1.54) is 56.1 Å². The Bertz CT molecular complexity index is 343. The summed E-state index contributed by atoms with van der Waals surface area (Å²) in [4.78, 5) is 0. The molecule has 3 atom stereocenters. The van der Waals surface area contributed by atoms with Crippen molar-refractivity contribution in [1.82, 2.24) is 0 Å². The van der Waals surface area contributed by atoms with Crippen molar-refractivity contribution >= 4 is 0 Å². The van der Waals surface area contributed by atoms with Crippen LogP contribution < -0.4 is 0 Å². The highest BCUT2D eigenvalue weighted by atomic mass is 15.4. The summed E-state index contributed by atoms with van der Waals surface area (Å²) < 4.78 is 1.34. The average Bonchev–Trinajstić information content (AvgIpc) is 2.70. The van der Waals surface area contributed by atoms with Crippen LogP contribution in [-0.2, 0) is 0 Å². The van der Waals surface area contributed by atoms with Crippen LogP contribution in [0.3, 0.4) is 0 Å². The van der Waals surface area contributed by atoms with Crippen LogP contribution in [0.5, 0.6) is 0 Å². The quantitative estimate of drug-likeness (QED) is 0.433. The zero-order chi connectivity index (χ0) is 11.4. The Balaban J connectivity index is 2.02. The van der Waals surface area contributed by atoms with Gasteiger partial charge in [-0.25, -0.2) is 0 Å². The first-order valence-corrected chi connectivity index (χ1v) is 7.11.